The zero-order chi connectivity index (χ0) is 14.3. The van der Waals surface area contributed by atoms with E-state index in [0.717, 1.165) is 6.07 Å². The molecule has 19 heavy (non-hydrogen) atoms. The van der Waals surface area contributed by atoms with Crippen LogP contribution in [-0.2, 0) is 9.53 Å². The van der Waals surface area contributed by atoms with Gasteiger partial charge in [-0.2, -0.15) is 0 Å². The Morgan fingerprint density at radius 3 is 2.84 bits per heavy atom. The summed E-state index contributed by atoms with van der Waals surface area (Å²) in [7, 11) is 0. The van der Waals surface area contributed by atoms with Crippen molar-refractivity contribution >= 4 is 17.6 Å². The van der Waals surface area contributed by atoms with Gasteiger partial charge < -0.3 is 15.8 Å². The van der Waals surface area contributed by atoms with E-state index in [-0.39, 0.29) is 23.6 Å². The number of carbonyl (C=O) groups is 2. The van der Waals surface area contributed by atoms with Crippen LogP contribution in [0.2, 0.25) is 0 Å². The molecule has 1 aromatic rings. The lowest BCUT2D eigenvalue weighted by atomic mass is 10.1. The molecule has 6 heteroatoms. The van der Waals surface area contributed by atoms with Gasteiger partial charge in [0.25, 0.3) is 5.91 Å². The van der Waals surface area contributed by atoms with Gasteiger partial charge >= 0.3 is 5.97 Å². The van der Waals surface area contributed by atoms with E-state index in [4.69, 9.17) is 10.5 Å². The van der Waals surface area contributed by atoms with Gasteiger partial charge in [-0.3, -0.25) is 9.59 Å². The van der Waals surface area contributed by atoms with Gasteiger partial charge in [0, 0.05) is 18.7 Å². The lowest BCUT2D eigenvalue weighted by Crippen LogP contribution is -2.26. The molecule has 1 aromatic carbocycles. The number of hydrogen-bond acceptors (Lipinski definition) is 4. The number of nitrogens with two attached hydrogens (primary N) is 1. The molecule has 0 unspecified atom stereocenters. The molecule has 1 amide bonds. The van der Waals surface area contributed by atoms with Crippen LogP contribution < -0.4 is 11.1 Å². The van der Waals surface area contributed by atoms with Crippen molar-refractivity contribution in [3.05, 3.63) is 29.6 Å². The van der Waals surface area contributed by atoms with Gasteiger partial charge in [-0.05, 0) is 31.5 Å². The number of nitrogens with one attached hydrogen (secondary N) is 1. The second-order valence-electron chi connectivity index (χ2n) is 3.90. The minimum atomic E-state index is -0.522. The van der Waals surface area contributed by atoms with Crippen LogP contribution >= 0.6 is 0 Å². The van der Waals surface area contributed by atoms with E-state index in [9.17, 15) is 14.0 Å². The molecular weight excluding hydrogens is 251 g/mol. The van der Waals surface area contributed by atoms with Gasteiger partial charge in [-0.15, -0.1) is 0 Å². The van der Waals surface area contributed by atoms with E-state index >= 15 is 0 Å². The van der Waals surface area contributed by atoms with Gasteiger partial charge in [-0.25, -0.2) is 4.39 Å². The van der Waals surface area contributed by atoms with Crippen molar-refractivity contribution in [3.8, 4) is 0 Å². The smallest absolute Gasteiger partial charge is 0.305 e. The largest absolute Gasteiger partial charge is 0.466 e. The summed E-state index contributed by atoms with van der Waals surface area (Å²) in [6, 6.07) is 3.60. The van der Waals surface area contributed by atoms with Crippen LogP contribution in [0, 0.1) is 5.82 Å². The van der Waals surface area contributed by atoms with Crippen LogP contribution in [0.5, 0.6) is 0 Å². The number of amides is 1. The van der Waals surface area contributed by atoms with Crippen LogP contribution in [0.4, 0.5) is 10.1 Å². The summed E-state index contributed by atoms with van der Waals surface area (Å²) in [5.41, 5.74) is 5.89. The zero-order valence-electron chi connectivity index (χ0n) is 10.7. The molecule has 0 heterocycles. The fourth-order valence-corrected chi connectivity index (χ4v) is 1.49. The SMILES string of the molecule is CCOC(=O)CCCNC(=O)c1cc(F)ccc1N. The Kier molecular flexibility index (Phi) is 5.78. The number of carbonyl (C=O) groups excluding carboxylic acids is 2. The molecule has 0 saturated carbocycles. The predicted octanol–water partition coefficient (Wildman–Crippen LogP) is 1.48. The lowest BCUT2D eigenvalue weighted by Gasteiger charge is -2.07. The first-order valence-corrected chi connectivity index (χ1v) is 6.03. The maximum absolute atomic E-state index is 13.0. The van der Waals surface area contributed by atoms with Crippen molar-refractivity contribution in [2.45, 2.75) is 19.8 Å². The average Bonchev–Trinajstić information content (AvgIpc) is 2.37. The highest BCUT2D eigenvalue weighted by molar-refractivity contribution is 5.99. The molecule has 0 saturated heterocycles. The summed E-state index contributed by atoms with van der Waals surface area (Å²) in [5, 5.41) is 2.57. The molecule has 5 nitrogen and oxygen atoms in total. The van der Waals surface area contributed by atoms with Gasteiger partial charge in [0.1, 0.15) is 5.82 Å². The first-order chi connectivity index (χ1) is 9.04. The van der Waals surface area contributed by atoms with Gasteiger partial charge in [0.15, 0.2) is 0 Å². The average molecular weight is 268 g/mol. The summed E-state index contributed by atoms with van der Waals surface area (Å²) in [6.45, 7) is 2.37. The Morgan fingerprint density at radius 2 is 2.16 bits per heavy atom. The third kappa shape index (κ3) is 4.95. The molecular formula is C13H17FN2O3. The van der Waals surface area contributed by atoms with Gasteiger partial charge in [-0.1, -0.05) is 0 Å². The third-order valence-electron chi connectivity index (χ3n) is 2.41. The Labute approximate surface area is 110 Å². The first kappa shape index (κ1) is 14.9. The maximum Gasteiger partial charge on any atom is 0.305 e. The summed E-state index contributed by atoms with van der Waals surface area (Å²) in [4.78, 5) is 22.8. The standard InChI is InChI=1S/C13H17FN2O3/c1-2-19-12(17)4-3-7-16-13(18)10-8-9(14)5-6-11(10)15/h5-6,8H,2-4,7,15H2,1H3,(H,16,18). The summed E-state index contributed by atoms with van der Waals surface area (Å²) in [5.74, 6) is -1.28. The van der Waals surface area contributed by atoms with Crippen molar-refractivity contribution in [2.24, 2.45) is 0 Å². The Hall–Kier alpha value is -2.11. The molecule has 0 atom stereocenters. The molecule has 0 aliphatic carbocycles. The number of nitrogen functional groups attached to an aromatic ring is 1. The van der Waals surface area contributed by atoms with Crippen LogP contribution in [0.15, 0.2) is 18.2 Å². The van der Waals surface area contributed by atoms with Crippen LogP contribution in [0.1, 0.15) is 30.1 Å². The quantitative estimate of drug-likeness (QED) is 0.465. The lowest BCUT2D eigenvalue weighted by molar-refractivity contribution is -0.143. The highest BCUT2D eigenvalue weighted by Crippen LogP contribution is 2.12. The highest BCUT2D eigenvalue weighted by Gasteiger charge is 2.10. The van der Waals surface area contributed by atoms with Crippen LogP contribution in [0.25, 0.3) is 0 Å². The van der Waals surface area contributed by atoms with Crippen molar-refractivity contribution in [3.63, 3.8) is 0 Å². The maximum atomic E-state index is 13.0. The predicted molar refractivity (Wildman–Crippen MR) is 69.0 cm³/mol. The Morgan fingerprint density at radius 1 is 1.42 bits per heavy atom. The molecule has 0 aromatic heterocycles. The van der Waals surface area contributed by atoms with E-state index in [0.29, 0.717) is 19.6 Å². The minimum absolute atomic E-state index is 0.0936. The molecule has 0 fully saturated rings. The Bertz CT molecular complexity index is 463. The number of halogens is 1. The topological polar surface area (TPSA) is 81.4 Å². The van der Waals surface area contributed by atoms with Crippen molar-refractivity contribution in [1.82, 2.24) is 5.32 Å². The minimum Gasteiger partial charge on any atom is -0.466 e. The molecule has 3 N–H and O–H groups in total. The molecule has 0 aliphatic rings. The number of esters is 1. The second kappa shape index (κ2) is 7.35. The molecule has 0 spiro atoms. The summed E-state index contributed by atoms with van der Waals surface area (Å²) >= 11 is 0. The number of rotatable bonds is 6. The normalized spacial score (nSPS) is 10.0. The third-order valence-corrected chi connectivity index (χ3v) is 2.41. The number of ether oxygens (including phenoxy) is 1. The molecule has 104 valence electrons. The summed E-state index contributed by atoms with van der Waals surface area (Å²) in [6.07, 6.45) is 0.687. The Balaban J connectivity index is 2.39. The number of anilines is 1. The van der Waals surface area contributed by atoms with E-state index in [1.807, 2.05) is 0 Å². The van der Waals surface area contributed by atoms with Crippen LogP contribution in [-0.4, -0.2) is 25.0 Å². The van der Waals surface area contributed by atoms with Crippen LogP contribution in [0.3, 0.4) is 0 Å². The fraction of sp³-hybridized carbons (Fsp3) is 0.385. The number of hydrogen-bond donors (Lipinski definition) is 2. The molecule has 0 bridgehead atoms. The fourth-order valence-electron chi connectivity index (χ4n) is 1.49. The van der Waals surface area contributed by atoms with E-state index in [2.05, 4.69) is 5.32 Å². The van der Waals surface area contributed by atoms with E-state index in [1.54, 1.807) is 6.92 Å². The van der Waals surface area contributed by atoms with Gasteiger partial charge in [0.2, 0.25) is 0 Å². The van der Waals surface area contributed by atoms with Crippen molar-refractivity contribution < 1.29 is 18.7 Å². The zero-order valence-corrected chi connectivity index (χ0v) is 10.7. The molecule has 0 aliphatic heterocycles. The monoisotopic (exact) mass is 268 g/mol. The van der Waals surface area contributed by atoms with E-state index < -0.39 is 11.7 Å². The number of benzene rings is 1. The van der Waals surface area contributed by atoms with Crippen molar-refractivity contribution in [2.75, 3.05) is 18.9 Å². The van der Waals surface area contributed by atoms with Crippen molar-refractivity contribution in [1.29, 1.82) is 0 Å². The summed E-state index contributed by atoms with van der Waals surface area (Å²) < 4.78 is 17.7. The molecule has 0 radical (unpaired) electrons. The van der Waals surface area contributed by atoms with Gasteiger partial charge in [0.05, 0.1) is 12.2 Å². The van der Waals surface area contributed by atoms with E-state index in [1.165, 1.54) is 12.1 Å². The molecule has 1 rings (SSSR count). The second-order valence-corrected chi connectivity index (χ2v) is 3.90. The first-order valence-electron chi connectivity index (χ1n) is 6.03. The highest BCUT2D eigenvalue weighted by atomic mass is 19.1.